The first kappa shape index (κ1) is 10.0. The van der Waals surface area contributed by atoms with Gasteiger partial charge in [-0.3, -0.25) is 5.43 Å². The number of urea groups is 1. The van der Waals surface area contributed by atoms with Crippen molar-refractivity contribution in [1.29, 1.82) is 0 Å². The second-order valence-electron chi connectivity index (χ2n) is 2.44. The largest absolute Gasteiger partial charge is 0.508 e. The third kappa shape index (κ3) is 3.11. The Kier molecular flexibility index (Phi) is 3.45. The van der Waals surface area contributed by atoms with Gasteiger partial charge in [-0.15, -0.1) is 0 Å². The number of hydrazine groups is 1. The molecular weight excluding hydrogens is 184 g/mol. The summed E-state index contributed by atoms with van der Waals surface area (Å²) in [6.07, 6.45) is 1.38. The summed E-state index contributed by atoms with van der Waals surface area (Å²) in [5, 5.41) is 12.7. The summed E-state index contributed by atoms with van der Waals surface area (Å²) >= 11 is 0. The molecule has 0 spiro atoms. The van der Waals surface area contributed by atoms with Crippen LogP contribution in [-0.4, -0.2) is 17.4 Å². The molecule has 0 saturated heterocycles. The number of amides is 2. The van der Waals surface area contributed by atoms with E-state index in [1.807, 2.05) is 5.43 Å². The zero-order valence-corrected chi connectivity index (χ0v) is 7.27. The molecule has 0 bridgehead atoms. The van der Waals surface area contributed by atoms with E-state index in [9.17, 15) is 4.79 Å². The molecule has 0 aliphatic carbocycles. The summed E-state index contributed by atoms with van der Waals surface area (Å²) < 4.78 is 0. The zero-order valence-electron chi connectivity index (χ0n) is 7.27. The number of carbonyl (C=O) groups excluding carboxylic acids is 1. The highest BCUT2D eigenvalue weighted by molar-refractivity contribution is 5.82. The number of nitrogens with two attached hydrogens (primary N) is 1. The van der Waals surface area contributed by atoms with Crippen molar-refractivity contribution in [3.63, 3.8) is 0 Å². The number of phenols is 1. The Balaban J connectivity index is 2.56. The maximum atomic E-state index is 10.6. The van der Waals surface area contributed by atoms with Crippen molar-refractivity contribution >= 4 is 12.2 Å². The Morgan fingerprint density at radius 2 is 2.36 bits per heavy atom. The standard InChI is InChI=1S/C8H10N4O2/c9-11-8(14)12-10-5-6-2-1-3-7(13)4-6/h1-5,13H,9H2,(H2,11,12,14)/b10-5+. The van der Waals surface area contributed by atoms with E-state index in [0.29, 0.717) is 5.56 Å². The average molecular weight is 194 g/mol. The van der Waals surface area contributed by atoms with Crippen LogP contribution in [0.3, 0.4) is 0 Å². The number of hydrogen-bond acceptors (Lipinski definition) is 4. The Hall–Kier alpha value is -2.08. The first-order chi connectivity index (χ1) is 6.72. The summed E-state index contributed by atoms with van der Waals surface area (Å²) in [4.78, 5) is 10.6. The van der Waals surface area contributed by atoms with Crippen LogP contribution >= 0.6 is 0 Å². The van der Waals surface area contributed by atoms with Crippen LogP contribution in [0.25, 0.3) is 0 Å². The van der Waals surface area contributed by atoms with Gasteiger partial charge in [0, 0.05) is 0 Å². The first-order valence-corrected chi connectivity index (χ1v) is 3.81. The minimum atomic E-state index is -0.610. The molecule has 0 aliphatic rings. The lowest BCUT2D eigenvalue weighted by Gasteiger charge is -1.96. The number of carbonyl (C=O) groups is 1. The average Bonchev–Trinajstić information content (AvgIpc) is 2.17. The molecule has 74 valence electrons. The maximum Gasteiger partial charge on any atom is 0.349 e. The van der Waals surface area contributed by atoms with E-state index in [2.05, 4.69) is 10.5 Å². The molecule has 1 rings (SSSR count). The molecule has 6 nitrogen and oxygen atoms in total. The molecule has 0 atom stereocenters. The number of phenolic OH excluding ortho intramolecular Hbond substituents is 1. The normalized spacial score (nSPS) is 10.1. The molecule has 0 aromatic heterocycles. The Morgan fingerprint density at radius 1 is 1.57 bits per heavy atom. The van der Waals surface area contributed by atoms with Gasteiger partial charge >= 0.3 is 6.03 Å². The number of hydrazone groups is 1. The van der Waals surface area contributed by atoms with E-state index in [1.54, 1.807) is 12.1 Å². The van der Waals surface area contributed by atoms with Crippen molar-refractivity contribution in [3.05, 3.63) is 29.8 Å². The van der Waals surface area contributed by atoms with E-state index in [4.69, 9.17) is 10.9 Å². The lowest BCUT2D eigenvalue weighted by atomic mass is 10.2. The second kappa shape index (κ2) is 4.83. The first-order valence-electron chi connectivity index (χ1n) is 3.81. The predicted molar refractivity (Wildman–Crippen MR) is 51.6 cm³/mol. The molecule has 5 N–H and O–H groups in total. The van der Waals surface area contributed by atoms with Crippen molar-refractivity contribution in [3.8, 4) is 5.75 Å². The molecule has 0 heterocycles. The van der Waals surface area contributed by atoms with Crippen LogP contribution in [0, 0.1) is 0 Å². The van der Waals surface area contributed by atoms with E-state index < -0.39 is 6.03 Å². The van der Waals surface area contributed by atoms with Gasteiger partial charge in [-0.25, -0.2) is 16.1 Å². The lowest BCUT2D eigenvalue weighted by molar-refractivity contribution is 0.241. The maximum absolute atomic E-state index is 10.6. The molecule has 6 heteroatoms. The molecule has 14 heavy (non-hydrogen) atoms. The van der Waals surface area contributed by atoms with Crippen molar-refractivity contribution in [2.75, 3.05) is 0 Å². The highest BCUT2D eigenvalue weighted by Gasteiger charge is 1.92. The van der Waals surface area contributed by atoms with Gasteiger partial charge in [0.2, 0.25) is 0 Å². The van der Waals surface area contributed by atoms with Crippen LogP contribution in [0.2, 0.25) is 0 Å². The van der Waals surface area contributed by atoms with Crippen molar-refractivity contribution in [2.24, 2.45) is 10.9 Å². The molecular formula is C8H10N4O2. The van der Waals surface area contributed by atoms with Crippen molar-refractivity contribution < 1.29 is 9.90 Å². The molecule has 0 saturated carbocycles. The van der Waals surface area contributed by atoms with Gasteiger partial charge in [0.1, 0.15) is 5.75 Å². The van der Waals surface area contributed by atoms with E-state index in [1.165, 1.54) is 18.3 Å². The van der Waals surface area contributed by atoms with Crippen LogP contribution in [0.15, 0.2) is 29.4 Å². The lowest BCUT2D eigenvalue weighted by Crippen LogP contribution is -2.37. The molecule has 0 unspecified atom stereocenters. The van der Waals surface area contributed by atoms with E-state index in [-0.39, 0.29) is 5.75 Å². The fourth-order valence-electron chi connectivity index (χ4n) is 0.803. The van der Waals surface area contributed by atoms with Gasteiger partial charge in [0.25, 0.3) is 0 Å². The molecule has 1 aromatic rings. The zero-order chi connectivity index (χ0) is 10.4. The summed E-state index contributed by atoms with van der Waals surface area (Å²) in [5.41, 5.74) is 4.63. The van der Waals surface area contributed by atoms with Crippen LogP contribution in [0.5, 0.6) is 5.75 Å². The predicted octanol–water partition coefficient (Wildman–Crippen LogP) is -0.101. The number of hydrogen-bond donors (Lipinski definition) is 4. The van der Waals surface area contributed by atoms with Gasteiger partial charge in [0.15, 0.2) is 0 Å². The van der Waals surface area contributed by atoms with Gasteiger partial charge in [-0.05, 0) is 17.7 Å². The van der Waals surface area contributed by atoms with Gasteiger partial charge in [-0.1, -0.05) is 12.1 Å². The summed E-state index contributed by atoms with van der Waals surface area (Å²) in [5.74, 6) is 4.94. The molecule has 1 aromatic carbocycles. The molecule has 0 fully saturated rings. The van der Waals surface area contributed by atoms with Gasteiger partial charge < -0.3 is 5.11 Å². The SMILES string of the molecule is NNC(=O)N/N=C/c1cccc(O)c1. The van der Waals surface area contributed by atoms with E-state index in [0.717, 1.165) is 0 Å². The Labute approximate surface area is 80.4 Å². The fraction of sp³-hybridized carbons (Fsp3) is 0. The number of nitrogens with one attached hydrogen (secondary N) is 2. The van der Waals surface area contributed by atoms with Crippen LogP contribution in [0.1, 0.15) is 5.56 Å². The second-order valence-corrected chi connectivity index (χ2v) is 2.44. The minimum absolute atomic E-state index is 0.136. The van der Waals surface area contributed by atoms with Crippen molar-refractivity contribution in [2.45, 2.75) is 0 Å². The fourth-order valence-corrected chi connectivity index (χ4v) is 0.803. The highest BCUT2D eigenvalue weighted by atomic mass is 16.3. The molecule has 2 amide bonds. The van der Waals surface area contributed by atoms with E-state index >= 15 is 0 Å². The number of benzene rings is 1. The number of rotatable bonds is 2. The quantitative estimate of drug-likeness (QED) is 0.229. The van der Waals surface area contributed by atoms with Crippen LogP contribution in [-0.2, 0) is 0 Å². The topological polar surface area (TPSA) is 99.7 Å². The Morgan fingerprint density at radius 3 is 3.00 bits per heavy atom. The number of aromatic hydroxyl groups is 1. The van der Waals surface area contributed by atoms with Crippen LogP contribution < -0.4 is 16.7 Å². The summed E-state index contributed by atoms with van der Waals surface area (Å²) in [6, 6.07) is 5.83. The third-order valence-electron chi connectivity index (χ3n) is 1.38. The minimum Gasteiger partial charge on any atom is -0.508 e. The van der Waals surface area contributed by atoms with Crippen molar-refractivity contribution in [1.82, 2.24) is 10.9 Å². The summed E-state index contributed by atoms with van der Waals surface area (Å²) in [7, 11) is 0. The third-order valence-corrected chi connectivity index (χ3v) is 1.38. The summed E-state index contributed by atoms with van der Waals surface area (Å²) in [6.45, 7) is 0. The van der Waals surface area contributed by atoms with Gasteiger partial charge in [0.05, 0.1) is 6.21 Å². The number of nitrogens with zero attached hydrogens (tertiary/aromatic N) is 1. The Bertz CT molecular complexity index is 351. The van der Waals surface area contributed by atoms with Gasteiger partial charge in [-0.2, -0.15) is 5.10 Å². The smallest absolute Gasteiger partial charge is 0.349 e. The highest BCUT2D eigenvalue weighted by Crippen LogP contribution is 2.08. The molecule has 0 aliphatic heterocycles. The monoisotopic (exact) mass is 194 g/mol. The van der Waals surface area contributed by atoms with Crippen LogP contribution in [0.4, 0.5) is 4.79 Å². The molecule has 0 radical (unpaired) electrons.